The highest BCUT2D eigenvalue weighted by molar-refractivity contribution is 5.92. The third-order valence-corrected chi connectivity index (χ3v) is 3.97. The molecule has 0 aliphatic heterocycles. The lowest BCUT2D eigenvalue weighted by molar-refractivity contribution is -0.117. The zero-order valence-electron chi connectivity index (χ0n) is 15.1. The summed E-state index contributed by atoms with van der Waals surface area (Å²) in [6, 6.07) is 16.1. The monoisotopic (exact) mass is 380 g/mol. The fraction of sp³-hybridized carbons (Fsp3) is 0.0909. The molecule has 0 fully saturated rings. The summed E-state index contributed by atoms with van der Waals surface area (Å²) in [4.78, 5) is 16.2. The fourth-order valence-corrected chi connectivity index (χ4v) is 2.54. The van der Waals surface area contributed by atoms with E-state index in [1.807, 2.05) is 25.1 Å². The Hall–Kier alpha value is -3.54. The Bertz CT molecular complexity index is 991. The first-order valence-corrected chi connectivity index (χ1v) is 8.64. The molecular weight excluding hydrogens is 362 g/mol. The second-order valence-corrected chi connectivity index (χ2v) is 6.05. The number of ether oxygens (including phenoxy) is 1. The first-order valence-electron chi connectivity index (χ1n) is 8.64. The second-order valence-electron chi connectivity index (χ2n) is 6.05. The van der Waals surface area contributed by atoms with Gasteiger partial charge in [-0.05, 0) is 42.8 Å². The maximum absolute atomic E-state index is 13.6. The number of aromatic nitrogens is 1. The van der Waals surface area contributed by atoms with Crippen molar-refractivity contribution in [2.24, 2.45) is 0 Å². The van der Waals surface area contributed by atoms with Crippen molar-refractivity contribution in [2.75, 3.05) is 0 Å². The summed E-state index contributed by atoms with van der Waals surface area (Å²) in [5.41, 5.74) is 0.834. The van der Waals surface area contributed by atoms with Crippen molar-refractivity contribution in [3.05, 3.63) is 95.7 Å². The summed E-state index contributed by atoms with van der Waals surface area (Å²) in [5, 5.41) is 2.78. The normalized spacial score (nSPS) is 12.0. The van der Waals surface area contributed by atoms with Gasteiger partial charge in [0.05, 0.1) is 6.04 Å². The van der Waals surface area contributed by atoms with E-state index in [0.29, 0.717) is 11.6 Å². The third kappa shape index (κ3) is 5.01. The minimum Gasteiger partial charge on any atom is -0.439 e. The predicted molar refractivity (Wildman–Crippen MR) is 103 cm³/mol. The quantitative estimate of drug-likeness (QED) is 0.610. The number of rotatable bonds is 6. The van der Waals surface area contributed by atoms with E-state index in [4.69, 9.17) is 4.74 Å². The molecule has 1 unspecified atom stereocenters. The molecule has 0 aliphatic rings. The van der Waals surface area contributed by atoms with Gasteiger partial charge >= 0.3 is 0 Å². The molecule has 3 rings (SSSR count). The van der Waals surface area contributed by atoms with E-state index in [0.717, 1.165) is 11.6 Å². The Morgan fingerprint density at radius 2 is 1.93 bits per heavy atom. The van der Waals surface area contributed by atoms with Gasteiger partial charge in [0.25, 0.3) is 0 Å². The first-order chi connectivity index (χ1) is 13.5. The molecular formula is C22H18F2N2O2. The second kappa shape index (κ2) is 8.90. The van der Waals surface area contributed by atoms with Crippen LogP contribution in [-0.4, -0.2) is 10.9 Å². The van der Waals surface area contributed by atoms with Crippen LogP contribution in [0.5, 0.6) is 11.6 Å². The van der Waals surface area contributed by atoms with Crippen LogP contribution >= 0.6 is 0 Å². The fourth-order valence-electron chi connectivity index (χ4n) is 2.54. The number of nitrogens with zero attached hydrogens (tertiary/aromatic N) is 1. The van der Waals surface area contributed by atoms with Crippen molar-refractivity contribution in [3.8, 4) is 11.6 Å². The lowest BCUT2D eigenvalue weighted by Crippen LogP contribution is -2.24. The molecule has 142 valence electrons. The molecule has 4 nitrogen and oxygen atoms in total. The van der Waals surface area contributed by atoms with Crippen LogP contribution in [0, 0.1) is 11.6 Å². The number of hydrogen-bond donors (Lipinski definition) is 1. The van der Waals surface area contributed by atoms with Crippen LogP contribution < -0.4 is 10.1 Å². The van der Waals surface area contributed by atoms with Gasteiger partial charge in [0.2, 0.25) is 11.8 Å². The number of carbonyl (C=O) groups excluding carboxylic acids is 1. The summed E-state index contributed by atoms with van der Waals surface area (Å²) in [7, 11) is 0. The number of amides is 1. The third-order valence-electron chi connectivity index (χ3n) is 3.97. The average molecular weight is 380 g/mol. The molecule has 28 heavy (non-hydrogen) atoms. The van der Waals surface area contributed by atoms with Gasteiger partial charge < -0.3 is 10.1 Å². The molecule has 1 aromatic heterocycles. The number of pyridine rings is 1. The van der Waals surface area contributed by atoms with Gasteiger partial charge in [0, 0.05) is 23.9 Å². The van der Waals surface area contributed by atoms with Crippen LogP contribution in [0.4, 0.5) is 8.78 Å². The summed E-state index contributed by atoms with van der Waals surface area (Å²) in [6.07, 6.45) is 4.04. The molecule has 0 saturated carbocycles. The van der Waals surface area contributed by atoms with E-state index >= 15 is 0 Å². The predicted octanol–water partition coefficient (Wildman–Crippen LogP) is 5.04. The zero-order chi connectivity index (χ0) is 19.9. The van der Waals surface area contributed by atoms with Crippen molar-refractivity contribution < 1.29 is 18.3 Å². The van der Waals surface area contributed by atoms with E-state index < -0.39 is 17.5 Å². The molecule has 0 spiro atoms. The van der Waals surface area contributed by atoms with Crippen LogP contribution in [0.1, 0.15) is 24.1 Å². The maximum atomic E-state index is 13.6. The van der Waals surface area contributed by atoms with Gasteiger partial charge in [-0.15, -0.1) is 0 Å². The lowest BCUT2D eigenvalue weighted by Gasteiger charge is -2.14. The van der Waals surface area contributed by atoms with Gasteiger partial charge in [0.1, 0.15) is 5.75 Å². The van der Waals surface area contributed by atoms with Crippen molar-refractivity contribution in [1.29, 1.82) is 0 Å². The molecule has 0 bridgehead atoms. The zero-order valence-corrected chi connectivity index (χ0v) is 15.1. The number of nitrogens with one attached hydrogen (secondary N) is 1. The van der Waals surface area contributed by atoms with Gasteiger partial charge in [-0.2, -0.15) is 0 Å². The van der Waals surface area contributed by atoms with Crippen molar-refractivity contribution in [2.45, 2.75) is 13.0 Å². The van der Waals surface area contributed by atoms with Crippen LogP contribution in [0.15, 0.2) is 72.9 Å². The molecule has 1 N–H and O–H groups in total. The standard InChI is InChI=1S/C22H18F2N2O2/c1-15(26-20(27)12-11-16-6-5-9-19(23)22(16)24)17-7-4-8-18(14-17)28-21-10-2-3-13-25-21/h2-15H,1H3,(H,26,27). The number of carbonyl (C=O) groups is 1. The average Bonchev–Trinajstić information content (AvgIpc) is 2.70. The van der Waals surface area contributed by atoms with Crippen molar-refractivity contribution in [1.82, 2.24) is 10.3 Å². The van der Waals surface area contributed by atoms with E-state index in [2.05, 4.69) is 10.3 Å². The van der Waals surface area contributed by atoms with E-state index in [-0.39, 0.29) is 11.6 Å². The molecule has 1 amide bonds. The molecule has 0 aliphatic carbocycles. The Morgan fingerprint density at radius 1 is 1.11 bits per heavy atom. The van der Waals surface area contributed by atoms with Crippen molar-refractivity contribution in [3.63, 3.8) is 0 Å². The summed E-state index contributed by atoms with van der Waals surface area (Å²) < 4.78 is 32.5. The van der Waals surface area contributed by atoms with Crippen molar-refractivity contribution >= 4 is 12.0 Å². The molecule has 0 radical (unpaired) electrons. The Balaban J connectivity index is 1.64. The molecule has 1 heterocycles. The van der Waals surface area contributed by atoms with E-state index in [1.54, 1.807) is 30.5 Å². The molecule has 2 aromatic carbocycles. The summed E-state index contributed by atoms with van der Waals surface area (Å²) in [5.74, 6) is -1.31. The largest absolute Gasteiger partial charge is 0.439 e. The molecule has 3 aromatic rings. The van der Waals surface area contributed by atoms with Crippen LogP contribution in [0.2, 0.25) is 0 Å². The molecule has 1 atom stereocenters. The Morgan fingerprint density at radius 3 is 2.71 bits per heavy atom. The van der Waals surface area contributed by atoms with Crippen LogP contribution in [0.3, 0.4) is 0 Å². The molecule has 6 heteroatoms. The van der Waals surface area contributed by atoms with Crippen LogP contribution in [-0.2, 0) is 4.79 Å². The smallest absolute Gasteiger partial charge is 0.244 e. The van der Waals surface area contributed by atoms with Gasteiger partial charge in [-0.1, -0.05) is 30.3 Å². The number of benzene rings is 2. The highest BCUT2D eigenvalue weighted by Gasteiger charge is 2.10. The maximum Gasteiger partial charge on any atom is 0.244 e. The van der Waals surface area contributed by atoms with E-state index in [1.165, 1.54) is 24.3 Å². The highest BCUT2D eigenvalue weighted by Crippen LogP contribution is 2.23. The number of hydrogen-bond acceptors (Lipinski definition) is 3. The Labute approximate surface area is 161 Å². The van der Waals surface area contributed by atoms with Gasteiger partial charge in [-0.3, -0.25) is 4.79 Å². The summed E-state index contributed by atoms with van der Waals surface area (Å²) in [6.45, 7) is 1.81. The van der Waals surface area contributed by atoms with E-state index in [9.17, 15) is 13.6 Å². The minimum absolute atomic E-state index is 0.00793. The molecule has 0 saturated heterocycles. The van der Waals surface area contributed by atoms with Gasteiger partial charge in [-0.25, -0.2) is 13.8 Å². The van der Waals surface area contributed by atoms with Gasteiger partial charge in [0.15, 0.2) is 11.6 Å². The topological polar surface area (TPSA) is 51.2 Å². The lowest BCUT2D eigenvalue weighted by atomic mass is 10.1. The Kier molecular flexibility index (Phi) is 6.11. The highest BCUT2D eigenvalue weighted by atomic mass is 19.2. The van der Waals surface area contributed by atoms with Crippen LogP contribution in [0.25, 0.3) is 6.08 Å². The number of halogens is 2. The minimum atomic E-state index is -0.987. The first kappa shape index (κ1) is 19.2. The summed E-state index contributed by atoms with van der Waals surface area (Å²) >= 11 is 0. The SMILES string of the molecule is CC(NC(=O)C=Cc1cccc(F)c1F)c1cccc(Oc2ccccn2)c1.